The van der Waals surface area contributed by atoms with Crippen molar-refractivity contribution in [1.29, 1.82) is 0 Å². The summed E-state index contributed by atoms with van der Waals surface area (Å²) in [5, 5.41) is 0. The molecule has 0 saturated carbocycles. The molecule has 0 bridgehead atoms. The molecule has 88 valence electrons. The van der Waals surface area contributed by atoms with Crippen molar-refractivity contribution in [2.24, 2.45) is 0 Å². The smallest absolute Gasteiger partial charge is 0.0399 e. The third-order valence-corrected chi connectivity index (χ3v) is 2.90. The molecule has 0 fully saturated rings. The standard InChI is InChI=1S/C15H18N2/c1-9-4-11(3)15(14(17)7-9)12-5-10(2)6-13(16)8-12/h4-8H,16-17H2,1-3H3. The van der Waals surface area contributed by atoms with Crippen LogP contribution < -0.4 is 11.5 Å². The first-order chi connectivity index (χ1) is 7.97. The third kappa shape index (κ3) is 2.26. The molecule has 0 heterocycles. The Morgan fingerprint density at radius 3 is 2.00 bits per heavy atom. The molecule has 0 amide bonds. The Morgan fingerprint density at radius 1 is 0.765 bits per heavy atom. The molecule has 2 aromatic carbocycles. The number of aryl methyl sites for hydroxylation is 3. The van der Waals surface area contributed by atoms with E-state index in [1.807, 2.05) is 25.1 Å². The van der Waals surface area contributed by atoms with Crippen molar-refractivity contribution in [3.05, 3.63) is 47.0 Å². The molecule has 0 aromatic heterocycles. The largest absolute Gasteiger partial charge is 0.399 e. The van der Waals surface area contributed by atoms with Crippen LogP contribution in [0.15, 0.2) is 30.3 Å². The van der Waals surface area contributed by atoms with Crippen molar-refractivity contribution >= 4 is 11.4 Å². The molecule has 0 spiro atoms. The highest BCUT2D eigenvalue weighted by atomic mass is 14.6. The van der Waals surface area contributed by atoms with Crippen molar-refractivity contribution in [3.63, 3.8) is 0 Å². The fourth-order valence-electron chi connectivity index (χ4n) is 2.35. The Hall–Kier alpha value is -1.96. The van der Waals surface area contributed by atoms with Crippen LogP contribution in [0.2, 0.25) is 0 Å². The van der Waals surface area contributed by atoms with E-state index in [-0.39, 0.29) is 0 Å². The van der Waals surface area contributed by atoms with E-state index in [0.29, 0.717) is 0 Å². The van der Waals surface area contributed by atoms with E-state index >= 15 is 0 Å². The second kappa shape index (κ2) is 4.13. The maximum atomic E-state index is 6.11. The fraction of sp³-hybridized carbons (Fsp3) is 0.200. The van der Waals surface area contributed by atoms with E-state index in [1.54, 1.807) is 0 Å². The molecule has 2 heteroatoms. The van der Waals surface area contributed by atoms with Gasteiger partial charge in [0.25, 0.3) is 0 Å². The number of anilines is 2. The van der Waals surface area contributed by atoms with Crippen molar-refractivity contribution in [2.75, 3.05) is 11.5 Å². The maximum absolute atomic E-state index is 6.11. The lowest BCUT2D eigenvalue weighted by atomic mass is 9.95. The number of hydrogen-bond donors (Lipinski definition) is 2. The van der Waals surface area contributed by atoms with Crippen molar-refractivity contribution in [3.8, 4) is 11.1 Å². The number of nitrogens with two attached hydrogens (primary N) is 2. The van der Waals surface area contributed by atoms with Crippen molar-refractivity contribution < 1.29 is 0 Å². The molecule has 0 saturated heterocycles. The van der Waals surface area contributed by atoms with Crippen LogP contribution in [0.3, 0.4) is 0 Å². The van der Waals surface area contributed by atoms with E-state index < -0.39 is 0 Å². The van der Waals surface area contributed by atoms with Gasteiger partial charge >= 0.3 is 0 Å². The second-order valence-electron chi connectivity index (χ2n) is 4.68. The Balaban J connectivity index is 2.68. The maximum Gasteiger partial charge on any atom is 0.0399 e. The first-order valence-corrected chi connectivity index (χ1v) is 5.71. The molecule has 0 unspecified atom stereocenters. The van der Waals surface area contributed by atoms with Gasteiger partial charge in [-0.3, -0.25) is 0 Å². The molecule has 2 aromatic rings. The summed E-state index contributed by atoms with van der Waals surface area (Å²) in [6, 6.07) is 10.2. The lowest BCUT2D eigenvalue weighted by Gasteiger charge is -2.12. The highest BCUT2D eigenvalue weighted by molar-refractivity contribution is 5.81. The zero-order valence-electron chi connectivity index (χ0n) is 10.5. The molecule has 0 aliphatic rings. The molecule has 17 heavy (non-hydrogen) atoms. The highest BCUT2D eigenvalue weighted by Gasteiger charge is 2.08. The summed E-state index contributed by atoms with van der Waals surface area (Å²) >= 11 is 0. The SMILES string of the molecule is Cc1cc(N)cc(-c2c(C)cc(C)cc2N)c1. The minimum atomic E-state index is 0.777. The van der Waals surface area contributed by atoms with Crippen LogP contribution in [-0.4, -0.2) is 0 Å². The normalized spacial score (nSPS) is 10.5. The summed E-state index contributed by atoms with van der Waals surface area (Å²) < 4.78 is 0. The van der Waals surface area contributed by atoms with Gasteiger partial charge in [0.2, 0.25) is 0 Å². The van der Waals surface area contributed by atoms with Crippen molar-refractivity contribution in [2.45, 2.75) is 20.8 Å². The molecule has 0 aliphatic carbocycles. The van der Waals surface area contributed by atoms with Crippen LogP contribution in [0.5, 0.6) is 0 Å². The molecule has 2 nitrogen and oxygen atoms in total. The zero-order chi connectivity index (χ0) is 12.6. The first kappa shape index (κ1) is 11.5. The lowest BCUT2D eigenvalue weighted by molar-refractivity contribution is 1.37. The Morgan fingerprint density at radius 2 is 1.41 bits per heavy atom. The lowest BCUT2D eigenvalue weighted by Crippen LogP contribution is -1.96. The molecule has 4 N–H and O–H groups in total. The number of hydrogen-bond acceptors (Lipinski definition) is 2. The predicted octanol–water partition coefficient (Wildman–Crippen LogP) is 3.44. The van der Waals surface area contributed by atoms with Crippen LogP contribution in [-0.2, 0) is 0 Å². The minimum Gasteiger partial charge on any atom is -0.399 e. The summed E-state index contributed by atoms with van der Waals surface area (Å²) in [6.45, 7) is 6.18. The van der Waals surface area contributed by atoms with Gasteiger partial charge in [0, 0.05) is 16.9 Å². The average Bonchev–Trinajstić information content (AvgIpc) is 2.13. The van der Waals surface area contributed by atoms with Gasteiger partial charge in [-0.2, -0.15) is 0 Å². The van der Waals surface area contributed by atoms with Crippen molar-refractivity contribution in [1.82, 2.24) is 0 Å². The summed E-state index contributed by atoms with van der Waals surface area (Å²) in [5.41, 5.74) is 19.3. The Kier molecular flexibility index (Phi) is 2.80. The van der Waals surface area contributed by atoms with E-state index in [9.17, 15) is 0 Å². The molecular weight excluding hydrogens is 208 g/mol. The van der Waals surface area contributed by atoms with E-state index in [0.717, 1.165) is 28.1 Å². The minimum absolute atomic E-state index is 0.777. The molecule has 2 rings (SSSR count). The van der Waals surface area contributed by atoms with Crippen LogP contribution in [0.25, 0.3) is 11.1 Å². The van der Waals surface area contributed by atoms with Crippen LogP contribution in [0.4, 0.5) is 11.4 Å². The van der Waals surface area contributed by atoms with Gasteiger partial charge in [-0.05, 0) is 61.2 Å². The molecule has 0 atom stereocenters. The topological polar surface area (TPSA) is 52.0 Å². The van der Waals surface area contributed by atoms with Gasteiger partial charge in [-0.15, -0.1) is 0 Å². The van der Waals surface area contributed by atoms with Gasteiger partial charge in [0.05, 0.1) is 0 Å². The third-order valence-electron chi connectivity index (χ3n) is 2.90. The van der Waals surface area contributed by atoms with Gasteiger partial charge in [0.15, 0.2) is 0 Å². The van der Waals surface area contributed by atoms with E-state index in [4.69, 9.17) is 11.5 Å². The van der Waals surface area contributed by atoms with Crippen LogP contribution >= 0.6 is 0 Å². The average molecular weight is 226 g/mol. The monoisotopic (exact) mass is 226 g/mol. The Labute approximate surface area is 102 Å². The van der Waals surface area contributed by atoms with Gasteiger partial charge in [0.1, 0.15) is 0 Å². The van der Waals surface area contributed by atoms with Gasteiger partial charge < -0.3 is 11.5 Å². The Bertz CT molecular complexity index is 528. The number of rotatable bonds is 1. The summed E-state index contributed by atoms with van der Waals surface area (Å²) in [5.74, 6) is 0. The fourth-order valence-corrected chi connectivity index (χ4v) is 2.35. The van der Waals surface area contributed by atoms with E-state index in [1.165, 1.54) is 11.1 Å². The summed E-state index contributed by atoms with van der Waals surface area (Å²) in [6.07, 6.45) is 0. The quantitative estimate of drug-likeness (QED) is 0.732. The highest BCUT2D eigenvalue weighted by Crippen LogP contribution is 2.32. The van der Waals surface area contributed by atoms with Crippen LogP contribution in [0, 0.1) is 20.8 Å². The first-order valence-electron chi connectivity index (χ1n) is 5.71. The second-order valence-corrected chi connectivity index (χ2v) is 4.68. The predicted molar refractivity (Wildman–Crippen MR) is 74.9 cm³/mol. The zero-order valence-corrected chi connectivity index (χ0v) is 10.5. The number of nitrogen functional groups attached to an aromatic ring is 2. The molecule has 0 radical (unpaired) electrons. The summed E-state index contributed by atoms with van der Waals surface area (Å²) in [7, 11) is 0. The number of benzene rings is 2. The van der Waals surface area contributed by atoms with E-state index in [2.05, 4.69) is 26.0 Å². The molecule has 0 aliphatic heterocycles. The van der Waals surface area contributed by atoms with Crippen LogP contribution in [0.1, 0.15) is 16.7 Å². The summed E-state index contributed by atoms with van der Waals surface area (Å²) in [4.78, 5) is 0. The van der Waals surface area contributed by atoms with Gasteiger partial charge in [-0.1, -0.05) is 12.1 Å². The van der Waals surface area contributed by atoms with Gasteiger partial charge in [-0.25, -0.2) is 0 Å². The molecular formula is C15H18N2.